The highest BCUT2D eigenvalue weighted by molar-refractivity contribution is 5.99. The van der Waals surface area contributed by atoms with Crippen LogP contribution in [0.3, 0.4) is 0 Å². The summed E-state index contributed by atoms with van der Waals surface area (Å²) in [5, 5.41) is 9.30. The Morgan fingerprint density at radius 3 is 2.61 bits per heavy atom. The van der Waals surface area contributed by atoms with Crippen LogP contribution in [0.15, 0.2) is 10.5 Å². The van der Waals surface area contributed by atoms with Gasteiger partial charge in [0.2, 0.25) is 0 Å². The molecule has 1 aliphatic rings. The zero-order valence-electron chi connectivity index (χ0n) is 10.8. The van der Waals surface area contributed by atoms with Gasteiger partial charge in [0, 0.05) is 6.54 Å². The van der Waals surface area contributed by atoms with Gasteiger partial charge >= 0.3 is 5.97 Å². The lowest BCUT2D eigenvalue weighted by atomic mass is 9.98. The van der Waals surface area contributed by atoms with E-state index in [0.717, 1.165) is 0 Å². The second kappa shape index (κ2) is 4.15. The van der Waals surface area contributed by atoms with Crippen LogP contribution in [0.4, 0.5) is 0 Å². The summed E-state index contributed by atoms with van der Waals surface area (Å²) in [7, 11) is 0. The van der Waals surface area contributed by atoms with Gasteiger partial charge in [0.25, 0.3) is 5.91 Å². The Labute approximate surface area is 105 Å². The maximum atomic E-state index is 12.4. The Morgan fingerprint density at radius 2 is 2.11 bits per heavy atom. The van der Waals surface area contributed by atoms with Crippen LogP contribution >= 0.6 is 0 Å². The van der Waals surface area contributed by atoms with Crippen molar-refractivity contribution in [2.75, 3.05) is 6.54 Å². The quantitative estimate of drug-likeness (QED) is 0.872. The first-order chi connectivity index (χ1) is 8.36. The van der Waals surface area contributed by atoms with Crippen molar-refractivity contribution in [3.63, 3.8) is 0 Å². The summed E-state index contributed by atoms with van der Waals surface area (Å²) in [5.74, 6) is -0.0119. The monoisotopic (exact) mass is 251 g/mol. The number of rotatable bonds is 2. The molecule has 0 aromatic carbocycles. The molecule has 0 bridgehead atoms. The summed E-state index contributed by atoms with van der Waals surface area (Å²) in [6.45, 7) is 5.56. The minimum atomic E-state index is -1.10. The maximum absolute atomic E-state index is 12.4. The Hall–Kier alpha value is -1.78. The van der Waals surface area contributed by atoms with E-state index >= 15 is 0 Å². The van der Waals surface area contributed by atoms with Crippen LogP contribution in [0, 0.1) is 13.8 Å². The molecule has 1 unspecified atom stereocenters. The van der Waals surface area contributed by atoms with E-state index in [1.54, 1.807) is 26.8 Å². The summed E-state index contributed by atoms with van der Waals surface area (Å²) in [6, 6.07) is 1.66. The van der Waals surface area contributed by atoms with Crippen LogP contribution in [-0.4, -0.2) is 34.0 Å². The topological polar surface area (TPSA) is 70.8 Å². The van der Waals surface area contributed by atoms with Gasteiger partial charge in [0.05, 0.1) is 5.56 Å². The van der Waals surface area contributed by atoms with Gasteiger partial charge in [-0.3, -0.25) is 4.79 Å². The number of carbonyl (C=O) groups excluding carboxylic acids is 1. The molecule has 1 N–H and O–H groups in total. The number of aliphatic carboxylic acids is 1. The lowest BCUT2D eigenvalue weighted by molar-refractivity contribution is -0.147. The van der Waals surface area contributed by atoms with Gasteiger partial charge in [0.1, 0.15) is 17.1 Å². The fraction of sp³-hybridized carbons (Fsp3) is 0.538. The van der Waals surface area contributed by atoms with Crippen LogP contribution in [0.2, 0.25) is 0 Å². The molecule has 98 valence electrons. The zero-order valence-corrected chi connectivity index (χ0v) is 10.8. The van der Waals surface area contributed by atoms with E-state index in [4.69, 9.17) is 4.42 Å². The van der Waals surface area contributed by atoms with Crippen molar-refractivity contribution in [1.82, 2.24) is 4.90 Å². The van der Waals surface area contributed by atoms with Crippen LogP contribution < -0.4 is 0 Å². The predicted octanol–water partition coefficient (Wildman–Crippen LogP) is 1.98. The second-order valence-corrected chi connectivity index (χ2v) is 4.97. The first-order valence-electron chi connectivity index (χ1n) is 5.98. The average Bonchev–Trinajstić information content (AvgIpc) is 2.82. The largest absolute Gasteiger partial charge is 0.480 e. The molecule has 5 heteroatoms. The molecule has 18 heavy (non-hydrogen) atoms. The first-order valence-corrected chi connectivity index (χ1v) is 5.98. The first kappa shape index (κ1) is 12.7. The number of likely N-dealkylation sites (tertiary alicyclic amines) is 1. The standard InChI is InChI=1S/C13H17NO4/c1-8-7-10(9(2)18-8)11(15)14-6-4-5-13(14,3)12(16)17/h7H,4-6H2,1-3H3,(H,16,17). The van der Waals surface area contributed by atoms with Crippen LogP contribution in [0.25, 0.3) is 0 Å². The molecule has 1 aromatic heterocycles. The van der Waals surface area contributed by atoms with Crippen molar-refractivity contribution >= 4 is 11.9 Å². The van der Waals surface area contributed by atoms with E-state index in [1.807, 2.05) is 0 Å². The van der Waals surface area contributed by atoms with Gasteiger partial charge in [-0.15, -0.1) is 0 Å². The number of hydrogen-bond acceptors (Lipinski definition) is 3. The summed E-state index contributed by atoms with van der Waals surface area (Å²) >= 11 is 0. The van der Waals surface area contributed by atoms with Crippen molar-refractivity contribution in [2.24, 2.45) is 0 Å². The highest BCUT2D eigenvalue weighted by Gasteiger charge is 2.46. The summed E-state index contributed by atoms with van der Waals surface area (Å²) in [5.41, 5.74) is -0.642. The van der Waals surface area contributed by atoms with Crippen molar-refractivity contribution in [3.8, 4) is 0 Å². The minimum absolute atomic E-state index is 0.258. The number of furan rings is 1. The van der Waals surface area contributed by atoms with Crippen molar-refractivity contribution in [1.29, 1.82) is 0 Å². The van der Waals surface area contributed by atoms with E-state index in [9.17, 15) is 14.7 Å². The molecule has 1 saturated heterocycles. The molecule has 2 rings (SSSR count). The smallest absolute Gasteiger partial charge is 0.329 e. The molecule has 5 nitrogen and oxygen atoms in total. The van der Waals surface area contributed by atoms with Gasteiger partial charge in [-0.1, -0.05) is 0 Å². The van der Waals surface area contributed by atoms with Crippen LogP contribution in [0.1, 0.15) is 41.6 Å². The number of nitrogens with zero attached hydrogens (tertiary/aromatic N) is 1. The summed E-state index contributed by atoms with van der Waals surface area (Å²) in [6.07, 6.45) is 1.20. The molecule has 1 aromatic rings. The Balaban J connectivity index is 2.34. The zero-order chi connectivity index (χ0) is 13.5. The molecule has 1 amide bonds. The van der Waals surface area contributed by atoms with Gasteiger partial charge in [0.15, 0.2) is 0 Å². The average molecular weight is 251 g/mol. The number of amides is 1. The van der Waals surface area contributed by atoms with Crippen LogP contribution in [0.5, 0.6) is 0 Å². The van der Waals surface area contributed by atoms with E-state index in [1.165, 1.54) is 4.90 Å². The molecule has 0 aliphatic carbocycles. The minimum Gasteiger partial charge on any atom is -0.480 e. The molecule has 0 radical (unpaired) electrons. The molecule has 1 fully saturated rings. The van der Waals surface area contributed by atoms with Crippen molar-refractivity contribution in [3.05, 3.63) is 23.2 Å². The van der Waals surface area contributed by atoms with Gasteiger partial charge in [-0.2, -0.15) is 0 Å². The van der Waals surface area contributed by atoms with E-state index < -0.39 is 11.5 Å². The third-order valence-corrected chi connectivity index (χ3v) is 3.62. The lowest BCUT2D eigenvalue weighted by Crippen LogP contribution is -2.50. The Kier molecular flexibility index (Phi) is 2.92. The third-order valence-electron chi connectivity index (χ3n) is 3.62. The molecule has 0 spiro atoms. The molecule has 1 atom stereocenters. The number of aryl methyl sites for hydroxylation is 2. The SMILES string of the molecule is Cc1cc(C(=O)N2CCCC2(C)C(=O)O)c(C)o1. The van der Waals surface area contributed by atoms with Gasteiger partial charge < -0.3 is 14.4 Å². The highest BCUT2D eigenvalue weighted by Crippen LogP contribution is 2.31. The number of carboxylic acid groups (broad SMARTS) is 1. The molecule has 0 saturated carbocycles. The van der Waals surface area contributed by atoms with Crippen LogP contribution in [-0.2, 0) is 4.79 Å². The lowest BCUT2D eigenvalue weighted by Gasteiger charge is -2.31. The second-order valence-electron chi connectivity index (χ2n) is 4.97. The van der Waals surface area contributed by atoms with E-state index in [-0.39, 0.29) is 5.91 Å². The highest BCUT2D eigenvalue weighted by atomic mass is 16.4. The van der Waals surface area contributed by atoms with Gasteiger partial charge in [-0.05, 0) is 39.7 Å². The van der Waals surface area contributed by atoms with Gasteiger partial charge in [-0.25, -0.2) is 4.79 Å². The fourth-order valence-corrected chi connectivity index (χ4v) is 2.50. The predicted molar refractivity (Wildman–Crippen MR) is 64.5 cm³/mol. The normalized spacial score (nSPS) is 23.4. The maximum Gasteiger partial charge on any atom is 0.329 e. The van der Waals surface area contributed by atoms with E-state index in [0.29, 0.717) is 36.5 Å². The summed E-state index contributed by atoms with van der Waals surface area (Å²) < 4.78 is 5.33. The number of carbonyl (C=O) groups is 2. The third kappa shape index (κ3) is 1.79. The Bertz CT molecular complexity index is 505. The molecular formula is C13H17NO4. The number of hydrogen-bond donors (Lipinski definition) is 1. The molecule has 1 aliphatic heterocycles. The summed E-state index contributed by atoms with van der Waals surface area (Å²) in [4.78, 5) is 25.2. The van der Waals surface area contributed by atoms with Crippen molar-refractivity contribution < 1.29 is 19.1 Å². The molecular weight excluding hydrogens is 234 g/mol. The number of carboxylic acids is 1. The van der Waals surface area contributed by atoms with Crippen molar-refractivity contribution in [2.45, 2.75) is 39.2 Å². The van der Waals surface area contributed by atoms with E-state index in [2.05, 4.69) is 0 Å². The molecule has 2 heterocycles. The Morgan fingerprint density at radius 1 is 1.44 bits per heavy atom. The fourth-order valence-electron chi connectivity index (χ4n) is 2.50.